The van der Waals surface area contributed by atoms with Crippen LogP contribution in [0.4, 0.5) is 0 Å². The highest BCUT2D eigenvalue weighted by Gasteiger charge is 2.13. The lowest BCUT2D eigenvalue weighted by Gasteiger charge is -2.06. The normalized spacial score (nSPS) is 11.8. The Morgan fingerprint density at radius 2 is 1.38 bits per heavy atom. The van der Waals surface area contributed by atoms with Crippen molar-refractivity contribution in [2.45, 2.75) is 0 Å². The van der Waals surface area contributed by atoms with Crippen LogP contribution in [0.25, 0.3) is 62.9 Å². The van der Waals surface area contributed by atoms with Crippen LogP contribution in [0.5, 0.6) is 0 Å². The molecule has 150 valence electrons. The highest BCUT2D eigenvalue weighted by molar-refractivity contribution is 7.26. The van der Waals surface area contributed by atoms with Crippen molar-refractivity contribution in [1.29, 1.82) is 0 Å². The maximum Gasteiger partial charge on any atom is 0.124 e. The molecule has 0 aliphatic carbocycles. The minimum absolute atomic E-state index is 1.07. The Kier molecular flexibility index (Phi) is 3.95. The second-order valence-corrected chi connectivity index (χ2v) is 10.1. The number of hydrogen-bond acceptors (Lipinski definition) is 3. The quantitative estimate of drug-likeness (QED) is 0.259. The van der Waals surface area contributed by atoms with E-state index in [0.29, 0.717) is 0 Å². The molecular formula is C29H17NS2. The molecule has 0 spiro atoms. The Hall–Kier alpha value is -3.53. The van der Waals surface area contributed by atoms with Crippen molar-refractivity contribution in [3.8, 4) is 21.7 Å². The van der Waals surface area contributed by atoms with Crippen molar-refractivity contribution in [1.82, 2.24) is 4.98 Å². The van der Waals surface area contributed by atoms with Gasteiger partial charge in [-0.05, 0) is 34.7 Å². The summed E-state index contributed by atoms with van der Waals surface area (Å²) in [6.07, 6.45) is 0. The van der Waals surface area contributed by atoms with Crippen LogP contribution in [0.3, 0.4) is 0 Å². The minimum Gasteiger partial charge on any atom is -0.236 e. The Labute approximate surface area is 193 Å². The fraction of sp³-hybridized carbons (Fsp3) is 0. The molecule has 1 nitrogen and oxygen atoms in total. The van der Waals surface area contributed by atoms with Crippen molar-refractivity contribution in [3.63, 3.8) is 0 Å². The summed E-state index contributed by atoms with van der Waals surface area (Å²) in [5.41, 5.74) is 4.82. The van der Waals surface area contributed by atoms with E-state index in [2.05, 4.69) is 97.1 Å². The molecular weight excluding hydrogens is 426 g/mol. The lowest BCUT2D eigenvalue weighted by Crippen LogP contribution is -1.80. The molecule has 0 aliphatic heterocycles. The summed E-state index contributed by atoms with van der Waals surface area (Å²) in [5.74, 6) is 0. The molecule has 0 unspecified atom stereocenters. The van der Waals surface area contributed by atoms with Gasteiger partial charge in [-0.25, -0.2) is 4.98 Å². The molecule has 3 heteroatoms. The Morgan fingerprint density at radius 1 is 0.531 bits per heavy atom. The third kappa shape index (κ3) is 2.72. The van der Waals surface area contributed by atoms with Crippen LogP contribution in [0.15, 0.2) is 103 Å². The fourth-order valence-corrected chi connectivity index (χ4v) is 6.90. The molecule has 7 aromatic rings. The van der Waals surface area contributed by atoms with Crippen LogP contribution in [0.2, 0.25) is 0 Å². The number of benzene rings is 5. The number of thiophene rings is 1. The molecule has 0 radical (unpaired) electrons. The highest BCUT2D eigenvalue weighted by atomic mass is 32.1. The zero-order valence-corrected chi connectivity index (χ0v) is 18.7. The lowest BCUT2D eigenvalue weighted by molar-refractivity contribution is 1.48. The van der Waals surface area contributed by atoms with Crippen LogP contribution >= 0.6 is 22.7 Å². The molecule has 2 aromatic heterocycles. The maximum absolute atomic E-state index is 4.90. The summed E-state index contributed by atoms with van der Waals surface area (Å²) >= 11 is 3.66. The number of rotatable bonds is 2. The maximum atomic E-state index is 4.90. The number of fused-ring (bicyclic) bond motifs is 6. The zero-order valence-electron chi connectivity index (χ0n) is 17.1. The largest absolute Gasteiger partial charge is 0.236 e. The van der Waals surface area contributed by atoms with Crippen molar-refractivity contribution in [2.24, 2.45) is 0 Å². The SMILES string of the molecule is c1ccc(-c2nc3ccc4cc(-c5cccc6c5sc5ccccc56)ccc4c3s2)cc1. The molecule has 0 atom stereocenters. The zero-order chi connectivity index (χ0) is 21.1. The molecule has 0 N–H and O–H groups in total. The highest BCUT2D eigenvalue weighted by Crippen LogP contribution is 2.41. The first-order chi connectivity index (χ1) is 15.8. The first-order valence-corrected chi connectivity index (χ1v) is 12.3. The molecule has 0 aliphatic rings. The van der Waals surface area contributed by atoms with Gasteiger partial charge in [-0.3, -0.25) is 0 Å². The summed E-state index contributed by atoms with van der Waals surface area (Å²) < 4.78 is 3.96. The van der Waals surface area contributed by atoms with E-state index in [1.807, 2.05) is 17.4 Å². The van der Waals surface area contributed by atoms with E-state index in [1.54, 1.807) is 11.3 Å². The second kappa shape index (κ2) is 6.99. The molecule has 5 aromatic carbocycles. The molecule has 0 saturated heterocycles. The Balaban J connectivity index is 1.42. The summed E-state index contributed by atoms with van der Waals surface area (Å²) in [7, 11) is 0. The van der Waals surface area contributed by atoms with Gasteiger partial charge in [0, 0.05) is 31.1 Å². The summed E-state index contributed by atoms with van der Waals surface area (Å²) in [6, 6.07) is 37.0. The molecule has 0 amide bonds. The number of hydrogen-bond donors (Lipinski definition) is 0. The van der Waals surface area contributed by atoms with Crippen LogP contribution in [0, 0.1) is 0 Å². The lowest BCUT2D eigenvalue weighted by atomic mass is 9.99. The van der Waals surface area contributed by atoms with Crippen LogP contribution in [-0.4, -0.2) is 4.98 Å². The van der Waals surface area contributed by atoms with Gasteiger partial charge in [0.05, 0.1) is 10.2 Å². The van der Waals surface area contributed by atoms with Crippen LogP contribution in [-0.2, 0) is 0 Å². The van der Waals surface area contributed by atoms with Crippen molar-refractivity contribution in [3.05, 3.63) is 103 Å². The van der Waals surface area contributed by atoms with Gasteiger partial charge in [-0.2, -0.15) is 0 Å². The minimum atomic E-state index is 1.07. The average Bonchev–Trinajstić information content (AvgIpc) is 3.46. The fourth-order valence-electron chi connectivity index (χ4n) is 4.56. The van der Waals surface area contributed by atoms with Crippen LogP contribution in [0.1, 0.15) is 0 Å². The number of nitrogens with zero attached hydrogens (tertiary/aromatic N) is 1. The third-order valence-corrected chi connectivity index (χ3v) is 8.48. The summed E-state index contributed by atoms with van der Waals surface area (Å²) in [4.78, 5) is 4.90. The van der Waals surface area contributed by atoms with Gasteiger partial charge in [0.25, 0.3) is 0 Å². The first kappa shape index (κ1) is 18.1. The predicted octanol–water partition coefficient (Wildman–Crippen LogP) is 9.15. The number of aromatic nitrogens is 1. The third-order valence-electron chi connectivity index (χ3n) is 6.11. The van der Waals surface area contributed by atoms with E-state index in [1.165, 1.54) is 52.3 Å². The van der Waals surface area contributed by atoms with E-state index in [0.717, 1.165) is 10.5 Å². The Bertz CT molecular complexity index is 1770. The monoisotopic (exact) mass is 443 g/mol. The van der Waals surface area contributed by atoms with Gasteiger partial charge in [0.2, 0.25) is 0 Å². The van der Waals surface area contributed by atoms with Gasteiger partial charge < -0.3 is 0 Å². The van der Waals surface area contributed by atoms with Gasteiger partial charge in [-0.15, -0.1) is 22.7 Å². The average molecular weight is 444 g/mol. The van der Waals surface area contributed by atoms with E-state index < -0.39 is 0 Å². The number of thiazole rings is 1. The smallest absolute Gasteiger partial charge is 0.124 e. The van der Waals surface area contributed by atoms with E-state index in [-0.39, 0.29) is 0 Å². The molecule has 32 heavy (non-hydrogen) atoms. The summed E-state index contributed by atoms with van der Waals surface area (Å²) in [5, 5.41) is 6.29. The van der Waals surface area contributed by atoms with Crippen molar-refractivity contribution < 1.29 is 0 Å². The van der Waals surface area contributed by atoms with Gasteiger partial charge in [0.1, 0.15) is 5.01 Å². The molecule has 0 saturated carbocycles. The van der Waals surface area contributed by atoms with Crippen molar-refractivity contribution >= 4 is 63.8 Å². The topological polar surface area (TPSA) is 12.9 Å². The van der Waals surface area contributed by atoms with E-state index in [4.69, 9.17) is 4.98 Å². The van der Waals surface area contributed by atoms with Crippen LogP contribution < -0.4 is 0 Å². The molecule has 0 bridgehead atoms. The molecule has 0 fully saturated rings. The van der Waals surface area contributed by atoms with Crippen molar-refractivity contribution in [2.75, 3.05) is 0 Å². The van der Waals surface area contributed by atoms with E-state index >= 15 is 0 Å². The van der Waals surface area contributed by atoms with Gasteiger partial charge in [-0.1, -0.05) is 84.9 Å². The first-order valence-electron chi connectivity index (χ1n) is 10.6. The second-order valence-electron chi connectivity index (χ2n) is 8.02. The van der Waals surface area contributed by atoms with E-state index in [9.17, 15) is 0 Å². The molecule has 2 heterocycles. The standard InChI is InChI=1S/C29H17NS2/c1-2-7-18(8-3-1)29-30-25-16-14-20-17-19(13-15-22(20)28(25)32-29)21-10-6-11-24-23-9-4-5-12-26(23)31-27(21)24/h1-17H. The molecule has 7 rings (SSSR count). The summed E-state index contributed by atoms with van der Waals surface area (Å²) in [6.45, 7) is 0. The van der Waals surface area contributed by atoms with Gasteiger partial charge in [0.15, 0.2) is 0 Å². The Morgan fingerprint density at radius 3 is 2.31 bits per heavy atom. The van der Waals surface area contributed by atoms with Gasteiger partial charge >= 0.3 is 0 Å². The predicted molar refractivity (Wildman–Crippen MR) is 141 cm³/mol.